The van der Waals surface area contributed by atoms with E-state index in [0.717, 1.165) is 224 Å². The number of thiazole rings is 5. The van der Waals surface area contributed by atoms with Gasteiger partial charge in [-0.25, -0.2) is 34.6 Å². The van der Waals surface area contributed by atoms with Gasteiger partial charge in [0.1, 0.15) is 23.9 Å². The monoisotopic (exact) mass is 2130 g/mol. The van der Waals surface area contributed by atoms with Crippen molar-refractivity contribution in [2.75, 3.05) is 98.0 Å². The molecule has 0 aliphatic carbocycles. The molecule has 0 saturated carbocycles. The standard InChI is InChI=1S/C21H19N3OS.C21H22N2O2S.C21H20N2O2S.C17H16N2O.C4H4BrNS.C4H6N2S.C4H9NO2.C4H8O.CH4O.CH4.B.2BrH.Cu.Na.H/c1-15-14-26-21(23-15)25-18-10-11-24(13-18)20-9-8-17(12-19(20)22-2)16-6-4-3-5-7-16;2*1-15-14-26-21(22-15)25-19-9-10-23(12-19)20-8-7-17(11-18(20)13-24)16-5-3-2-4-6-16;1-18-16-11-14(13-5-3-2-4-6-13)7-8-17(16)19-10-9-15(20)12-19;2*1-3-2-7-4(5)6-3;1-4(2,3)7-5-6;1-2-4-5-3-1;1-2;;;;;;;/h3-9,12,14,18H,10-11,13H2,1H3;2-8,11,14,19,24H,9-10,12-13H2,1H3;2-8,11,13-14,19H,9-10,12H2,1H3;2-8,11,15,20H,9-10,12H2;2H,1H3;2H,1H3,(H2,5,6);1-3H3;1-4H2;2H,1H3;1H4;;2*1H;;;/q;;;;;;;;;;;;;+2;+1;-1/p-2/t18-;2*19-;15-;;;;;;;;;;;;/m0000............/s1. The van der Waals surface area contributed by atoms with Crippen LogP contribution < -0.4 is 69.1 Å². The van der Waals surface area contributed by atoms with Gasteiger partial charge in [0.25, 0.3) is 15.6 Å². The van der Waals surface area contributed by atoms with Crippen LogP contribution in [0.25, 0.3) is 54.2 Å². The van der Waals surface area contributed by atoms with Gasteiger partial charge in [-0.3, -0.25) is 4.79 Å². The van der Waals surface area contributed by atoms with Crippen molar-refractivity contribution in [2.45, 2.75) is 138 Å². The average molecular weight is 2130 g/mol. The number of carbonyl (C=O) groups is 1. The van der Waals surface area contributed by atoms with Crippen LogP contribution in [0.1, 0.15) is 113 Å². The van der Waals surface area contributed by atoms with E-state index in [9.17, 15) is 19.9 Å². The van der Waals surface area contributed by atoms with E-state index in [1.165, 1.54) is 46.9 Å². The zero-order valence-corrected chi connectivity index (χ0v) is 86.7. The van der Waals surface area contributed by atoms with Gasteiger partial charge in [0, 0.05) is 147 Å². The Morgan fingerprint density at radius 3 is 1.14 bits per heavy atom. The van der Waals surface area contributed by atoms with Crippen LogP contribution in [0.5, 0.6) is 15.6 Å². The van der Waals surface area contributed by atoms with Gasteiger partial charge in [-0.2, -0.15) is 0 Å². The number of hydrogen-bond donors (Lipinski definition) is 4. The first-order valence-electron chi connectivity index (χ1n) is 41.6. The van der Waals surface area contributed by atoms with Crippen LogP contribution in [0.3, 0.4) is 0 Å². The van der Waals surface area contributed by atoms with Gasteiger partial charge in [-0.15, -0.1) is 27.6 Å². The summed E-state index contributed by atoms with van der Waals surface area (Å²) in [6.07, 6.45) is 7.19. The molecule has 34 heteroatoms. The Morgan fingerprint density at radius 2 is 0.856 bits per heavy atom. The Kier molecular flexibility index (Phi) is 50.8. The molecule has 132 heavy (non-hydrogen) atoms. The van der Waals surface area contributed by atoms with E-state index in [-0.39, 0.29) is 77.8 Å². The van der Waals surface area contributed by atoms with Crippen LogP contribution in [-0.4, -0.2) is 158 Å². The number of anilines is 5. The normalized spacial score (nSPS) is 15.2. The first-order chi connectivity index (χ1) is 62.5. The van der Waals surface area contributed by atoms with Crippen LogP contribution in [0.2, 0.25) is 0 Å². The van der Waals surface area contributed by atoms with E-state index in [1.807, 2.05) is 183 Å². The number of aldehydes is 1. The molecule has 0 spiro atoms. The van der Waals surface area contributed by atoms with Crippen LogP contribution in [0.4, 0.5) is 39.3 Å². The number of aryl methyl sites for hydroxylation is 5. The summed E-state index contributed by atoms with van der Waals surface area (Å²) in [6, 6.07) is 65.1. The zero-order chi connectivity index (χ0) is 92.5. The predicted molar refractivity (Wildman–Crippen MR) is 551 cm³/mol. The summed E-state index contributed by atoms with van der Waals surface area (Å²) in [4.78, 5) is 62.7. The number of nitrogens with two attached hydrogens (primary N) is 1. The van der Waals surface area contributed by atoms with E-state index >= 15 is 0 Å². The number of nitrogens with zero attached hydrogens (tertiary/aromatic N) is 12. The molecule has 0 amide bonds. The number of aliphatic hydroxyl groups is 3. The summed E-state index contributed by atoms with van der Waals surface area (Å²) in [5, 5.41) is 41.6. The van der Waals surface area contributed by atoms with Gasteiger partial charge in [0.15, 0.2) is 20.7 Å². The number of β-amino-alcohol motifs (C(OH)–C–C–N with tert-alkyl or cyclic N) is 1. The first-order valence-corrected chi connectivity index (χ1v) is 51.5. The summed E-state index contributed by atoms with van der Waals surface area (Å²) in [5.41, 5.74) is 25.8. The molecule has 13 aromatic rings. The van der Waals surface area contributed by atoms with Crippen molar-refractivity contribution < 1.29 is 86.2 Å². The number of ether oxygens (including phenoxy) is 4. The van der Waals surface area contributed by atoms with Crippen LogP contribution in [0.15, 0.2) is 230 Å². The molecule has 5 aromatic heterocycles. The van der Waals surface area contributed by atoms with Gasteiger partial charge in [-0.05, 0) is 184 Å². The van der Waals surface area contributed by atoms with E-state index in [4.69, 9.17) is 42.9 Å². The Bertz CT molecular complexity index is 5550. The van der Waals surface area contributed by atoms with Crippen molar-refractivity contribution in [1.29, 1.82) is 0 Å². The number of hydrogen-bond acceptors (Lipinski definition) is 26. The van der Waals surface area contributed by atoms with Crippen molar-refractivity contribution in [3.8, 4) is 60.1 Å². The Labute approximate surface area is 851 Å². The van der Waals surface area contributed by atoms with Crippen LogP contribution in [-0.2, 0) is 27.5 Å². The van der Waals surface area contributed by atoms with Gasteiger partial charge in [0.05, 0.1) is 68.3 Å². The molecule has 10 heterocycles. The summed E-state index contributed by atoms with van der Waals surface area (Å²) in [5.74, 6) is 0. The second-order valence-corrected chi connectivity index (χ2v) is 41.0. The fourth-order valence-corrected chi connectivity index (χ4v) is 17.7. The fraction of sp³-hybridized carbons (Fsp3) is 0.327. The third-order valence-corrected chi connectivity index (χ3v) is 24.8. The third-order valence-electron chi connectivity index (χ3n) is 19.9. The SMILES string of the molecule is C.C1CCOC1.CC(C)(C)ON=O.CO.Cc1csc(Br)n1.Cc1csc(N)n1.Cc1csc(O[C@H]2CCN(c3ccc(-c4ccccc4)cc3C=O)C2)n1.Cc1csc(O[C@H]2CCN(c3ccc(-c4ccccc4)cc3CO)C2)n1.[B].[Br][Cu][Br].[C-]#[N+]c1cc(-c2ccccc2)ccc1N1CC[C@H](O)C1.[C-]#[N+]c1cc(-c2ccccc2)ccc1N1CC[C@H](Oc2nc(C)cs2)C1.[H-].[Na+]. The predicted octanol–water partition coefficient (Wildman–Crippen LogP) is 21.9. The second-order valence-electron chi connectivity index (χ2n) is 30.8. The molecule has 8 aromatic carbocycles. The number of aliphatic hydroxyl groups excluding tert-OH is 3. The first kappa shape index (κ1) is 112. The van der Waals surface area contributed by atoms with Gasteiger partial charge in [-0.1, -0.05) is 187 Å². The van der Waals surface area contributed by atoms with Crippen molar-refractivity contribution in [3.63, 3.8) is 0 Å². The molecule has 18 rings (SSSR count). The minimum Gasteiger partial charge on any atom is -1.00 e. The van der Waals surface area contributed by atoms with E-state index in [2.05, 4.69) is 181 Å². The molecule has 5 saturated heterocycles. The molecule has 3 radical (unpaired) electrons. The third kappa shape index (κ3) is 37.1. The molecular weight excluding hydrogens is 2020 g/mol. The van der Waals surface area contributed by atoms with Crippen LogP contribution >= 0.6 is 101 Å². The van der Waals surface area contributed by atoms with Gasteiger partial charge < -0.3 is 65.9 Å². The maximum absolute atomic E-state index is 11.7. The summed E-state index contributed by atoms with van der Waals surface area (Å²) in [6.45, 7) is 38.6. The molecule has 0 bridgehead atoms. The number of aromatic nitrogens is 5. The number of benzene rings is 8. The second kappa shape index (κ2) is 59.9. The number of nitrogen functional groups attached to an aromatic ring is 1. The largest absolute Gasteiger partial charge is 1.00 e. The van der Waals surface area contributed by atoms with E-state index in [1.54, 1.807) is 54.8 Å². The smallest absolute Gasteiger partial charge is 1.00 e. The maximum Gasteiger partial charge on any atom is 1.00 e. The van der Waals surface area contributed by atoms with E-state index < -0.39 is 5.60 Å². The Morgan fingerprint density at radius 1 is 0.515 bits per heavy atom. The quantitative estimate of drug-likeness (QED) is 0.0217. The molecule has 5 aliphatic rings. The van der Waals surface area contributed by atoms with Crippen molar-refractivity contribution >= 4 is 155 Å². The molecule has 4 atom stereocenters. The minimum absolute atomic E-state index is 0. The summed E-state index contributed by atoms with van der Waals surface area (Å²) >= 11 is 18.3. The molecular formula is C98H113BBr3CuN13NaO10S5. The average Bonchev–Trinajstić information content (AvgIpc) is 1.81. The van der Waals surface area contributed by atoms with Crippen molar-refractivity contribution in [2.24, 2.45) is 5.34 Å². The van der Waals surface area contributed by atoms with Crippen molar-refractivity contribution in [3.05, 3.63) is 292 Å². The summed E-state index contributed by atoms with van der Waals surface area (Å²) < 4.78 is 23.9. The number of rotatable bonds is 17. The Hall–Kier alpha value is -8.78. The fourth-order valence-electron chi connectivity index (χ4n) is 14.0. The van der Waals surface area contributed by atoms with Gasteiger partial charge >= 0.3 is 69.1 Å². The van der Waals surface area contributed by atoms with E-state index in [0.29, 0.717) is 23.1 Å². The van der Waals surface area contributed by atoms with Gasteiger partial charge in [0.2, 0.25) is 11.4 Å². The zero-order valence-electron chi connectivity index (χ0n) is 76.0. The maximum atomic E-state index is 11.7. The molecule has 5 fully saturated rings. The summed E-state index contributed by atoms with van der Waals surface area (Å²) in [7, 11) is 1.00. The Balaban J connectivity index is 0.000000281. The number of halogens is 3. The molecule has 696 valence electrons. The molecule has 0 unspecified atom stereocenters. The minimum atomic E-state index is -0.429. The molecule has 23 nitrogen and oxygen atoms in total. The van der Waals surface area contributed by atoms with Crippen LogP contribution in [0, 0.1) is 52.7 Å². The number of carbonyl (C=O) groups excluding carboxylic acids is 1. The molecule has 5 aliphatic heterocycles. The van der Waals surface area contributed by atoms with Crippen molar-refractivity contribution in [1.82, 2.24) is 24.9 Å². The topological polar surface area (TPSA) is 265 Å². The molecule has 5 N–H and O–H groups in total.